The van der Waals surface area contributed by atoms with Crippen LogP contribution in [0.15, 0.2) is 0 Å². The topological polar surface area (TPSA) is 87.5 Å². The van der Waals surface area contributed by atoms with Gasteiger partial charge in [-0.25, -0.2) is 0 Å². The maximum absolute atomic E-state index is 12.1. The smallest absolute Gasteiger partial charge is 0.233 e. The molecule has 2 rings (SSSR count). The van der Waals surface area contributed by atoms with Gasteiger partial charge >= 0.3 is 0 Å². The zero-order chi connectivity index (χ0) is 15.2. The van der Waals surface area contributed by atoms with Crippen molar-refractivity contribution in [2.45, 2.75) is 50.6 Å². The first-order chi connectivity index (χ1) is 10.1. The Morgan fingerprint density at radius 3 is 2.26 bits per heavy atom. The molecule has 0 unspecified atom stereocenters. The number of likely N-dealkylation sites (N-methyl/N-ethyl adjacent to an activating group) is 1. The number of halogens is 2. The first-order valence-electron chi connectivity index (χ1n) is 8.06. The van der Waals surface area contributed by atoms with Gasteiger partial charge in [0.15, 0.2) is 0 Å². The van der Waals surface area contributed by atoms with E-state index in [1.54, 1.807) is 7.05 Å². The van der Waals surface area contributed by atoms with Gasteiger partial charge in [-0.2, -0.15) is 0 Å². The average Bonchev–Trinajstić information content (AvgIpc) is 2.86. The normalized spacial score (nSPS) is 25.1. The van der Waals surface area contributed by atoms with Gasteiger partial charge < -0.3 is 16.4 Å². The number of carbonyl (C=O) groups is 2. The van der Waals surface area contributed by atoms with Crippen LogP contribution >= 0.6 is 24.8 Å². The van der Waals surface area contributed by atoms with E-state index in [4.69, 9.17) is 5.73 Å². The van der Waals surface area contributed by atoms with Crippen molar-refractivity contribution in [2.75, 3.05) is 26.7 Å². The maximum Gasteiger partial charge on any atom is 0.233 e. The third-order valence-corrected chi connectivity index (χ3v) is 4.76. The summed E-state index contributed by atoms with van der Waals surface area (Å²) >= 11 is 0. The Morgan fingerprint density at radius 1 is 1.09 bits per heavy atom. The molecule has 0 spiro atoms. The first kappa shape index (κ1) is 22.4. The molecule has 1 aliphatic carbocycles. The lowest BCUT2D eigenvalue weighted by atomic mass is 9.98. The van der Waals surface area contributed by atoms with Crippen molar-refractivity contribution >= 4 is 36.6 Å². The van der Waals surface area contributed by atoms with Crippen molar-refractivity contribution in [3.63, 3.8) is 0 Å². The van der Waals surface area contributed by atoms with Crippen LogP contribution in [0.5, 0.6) is 0 Å². The minimum absolute atomic E-state index is 0. The van der Waals surface area contributed by atoms with Gasteiger partial charge in [-0.1, -0.05) is 6.42 Å². The lowest BCUT2D eigenvalue weighted by molar-refractivity contribution is -0.124. The molecular formula is C15H30Cl2N4O2. The standard InChI is InChI=1S/C15H28N4O2.2ClH/c1-17-15(21)10-19-7-5-12(6-8-19)18-14(20)9-11-3-2-4-13(11)16;;/h11-13H,2-10,16H2,1H3,(H,17,21)(H,18,20);2*1H/t11-,13+;;/m0../s1. The highest BCUT2D eigenvalue weighted by molar-refractivity contribution is 5.85. The molecule has 2 atom stereocenters. The molecule has 0 radical (unpaired) electrons. The fourth-order valence-corrected chi connectivity index (χ4v) is 3.36. The molecule has 0 aromatic heterocycles. The number of amides is 2. The fraction of sp³-hybridized carbons (Fsp3) is 0.867. The van der Waals surface area contributed by atoms with E-state index in [2.05, 4.69) is 15.5 Å². The molecule has 0 aromatic carbocycles. The van der Waals surface area contributed by atoms with E-state index in [0.29, 0.717) is 18.9 Å². The zero-order valence-electron chi connectivity index (χ0n) is 13.8. The number of piperidine rings is 1. The second kappa shape index (κ2) is 11.1. The van der Waals surface area contributed by atoms with Crippen LogP contribution in [0.3, 0.4) is 0 Å². The van der Waals surface area contributed by atoms with Crippen LogP contribution in [-0.2, 0) is 9.59 Å². The number of likely N-dealkylation sites (tertiary alicyclic amines) is 1. The van der Waals surface area contributed by atoms with E-state index < -0.39 is 0 Å². The van der Waals surface area contributed by atoms with Gasteiger partial charge in [0.25, 0.3) is 0 Å². The number of hydrogen-bond donors (Lipinski definition) is 3. The summed E-state index contributed by atoms with van der Waals surface area (Å²) in [4.78, 5) is 25.5. The van der Waals surface area contributed by atoms with Crippen molar-refractivity contribution in [3.8, 4) is 0 Å². The Bertz CT molecular complexity index is 376. The van der Waals surface area contributed by atoms with Crippen LogP contribution in [0.25, 0.3) is 0 Å². The Balaban J connectivity index is 0.00000242. The van der Waals surface area contributed by atoms with Gasteiger partial charge in [0.05, 0.1) is 6.54 Å². The minimum atomic E-state index is 0. The molecule has 0 aromatic rings. The summed E-state index contributed by atoms with van der Waals surface area (Å²) in [6, 6.07) is 0.446. The van der Waals surface area contributed by atoms with Gasteiger partial charge in [0, 0.05) is 38.6 Å². The van der Waals surface area contributed by atoms with E-state index in [1.807, 2.05) is 0 Å². The average molecular weight is 369 g/mol. The van der Waals surface area contributed by atoms with Crippen molar-refractivity contribution < 1.29 is 9.59 Å². The molecule has 2 amide bonds. The molecule has 1 saturated heterocycles. The summed E-state index contributed by atoms with van der Waals surface area (Å²) in [6.45, 7) is 2.18. The molecule has 8 heteroatoms. The minimum Gasteiger partial charge on any atom is -0.358 e. The second-order valence-electron chi connectivity index (χ2n) is 6.35. The van der Waals surface area contributed by atoms with Crippen LogP contribution in [0.4, 0.5) is 0 Å². The monoisotopic (exact) mass is 368 g/mol. The van der Waals surface area contributed by atoms with Gasteiger partial charge in [-0.15, -0.1) is 24.8 Å². The Kier molecular flexibility index (Phi) is 10.8. The second-order valence-corrected chi connectivity index (χ2v) is 6.35. The number of rotatable bonds is 5. The van der Waals surface area contributed by atoms with Crippen molar-refractivity contribution in [1.82, 2.24) is 15.5 Å². The van der Waals surface area contributed by atoms with E-state index >= 15 is 0 Å². The Hall–Kier alpha value is -0.560. The summed E-state index contributed by atoms with van der Waals surface area (Å²) in [6.07, 6.45) is 5.69. The molecule has 2 fully saturated rings. The molecule has 6 nitrogen and oxygen atoms in total. The van der Waals surface area contributed by atoms with E-state index in [9.17, 15) is 9.59 Å². The predicted octanol–water partition coefficient (Wildman–Crippen LogP) is 0.674. The van der Waals surface area contributed by atoms with Crippen molar-refractivity contribution in [3.05, 3.63) is 0 Å². The highest BCUT2D eigenvalue weighted by Crippen LogP contribution is 2.26. The lowest BCUT2D eigenvalue weighted by Crippen LogP contribution is -2.47. The number of carbonyl (C=O) groups excluding carboxylic acids is 2. The predicted molar refractivity (Wildman–Crippen MR) is 96.1 cm³/mol. The largest absolute Gasteiger partial charge is 0.358 e. The highest BCUT2D eigenvalue weighted by atomic mass is 35.5. The summed E-state index contributed by atoms with van der Waals surface area (Å²) in [5, 5.41) is 5.77. The lowest BCUT2D eigenvalue weighted by Gasteiger charge is -2.32. The van der Waals surface area contributed by atoms with E-state index in [-0.39, 0.29) is 48.7 Å². The Labute approximate surface area is 151 Å². The third-order valence-electron chi connectivity index (χ3n) is 4.76. The first-order valence-corrected chi connectivity index (χ1v) is 8.06. The summed E-state index contributed by atoms with van der Waals surface area (Å²) in [5.41, 5.74) is 6.01. The van der Waals surface area contributed by atoms with Crippen LogP contribution in [-0.4, -0.2) is 55.5 Å². The molecule has 23 heavy (non-hydrogen) atoms. The zero-order valence-corrected chi connectivity index (χ0v) is 15.4. The molecule has 4 N–H and O–H groups in total. The van der Waals surface area contributed by atoms with Gasteiger partial charge in [0.2, 0.25) is 11.8 Å². The van der Waals surface area contributed by atoms with Gasteiger partial charge in [0.1, 0.15) is 0 Å². The molecule has 1 heterocycles. The third kappa shape index (κ3) is 7.25. The molecular weight excluding hydrogens is 339 g/mol. The quantitative estimate of drug-likeness (QED) is 0.665. The van der Waals surface area contributed by atoms with Crippen LogP contribution in [0.2, 0.25) is 0 Å². The van der Waals surface area contributed by atoms with Crippen molar-refractivity contribution in [2.24, 2.45) is 11.7 Å². The number of nitrogens with two attached hydrogens (primary N) is 1. The molecule has 1 saturated carbocycles. The van der Waals surface area contributed by atoms with Crippen LogP contribution in [0.1, 0.15) is 38.5 Å². The summed E-state index contributed by atoms with van der Waals surface area (Å²) < 4.78 is 0. The SMILES string of the molecule is CNC(=O)CN1CCC(NC(=O)C[C@@H]2CCC[C@H]2N)CC1.Cl.Cl. The van der Waals surface area contributed by atoms with Gasteiger partial charge in [-0.05, 0) is 31.6 Å². The van der Waals surface area contributed by atoms with Crippen LogP contribution < -0.4 is 16.4 Å². The molecule has 2 aliphatic rings. The highest BCUT2D eigenvalue weighted by Gasteiger charge is 2.27. The number of nitrogens with one attached hydrogen (secondary N) is 2. The van der Waals surface area contributed by atoms with E-state index in [0.717, 1.165) is 45.2 Å². The number of hydrogen-bond acceptors (Lipinski definition) is 4. The van der Waals surface area contributed by atoms with E-state index in [1.165, 1.54) is 0 Å². The Morgan fingerprint density at radius 2 is 1.74 bits per heavy atom. The van der Waals surface area contributed by atoms with Crippen LogP contribution in [0, 0.1) is 5.92 Å². The van der Waals surface area contributed by atoms with Crippen molar-refractivity contribution in [1.29, 1.82) is 0 Å². The summed E-state index contributed by atoms with van der Waals surface area (Å²) in [5.74, 6) is 0.549. The number of nitrogens with zero attached hydrogens (tertiary/aromatic N) is 1. The molecule has 1 aliphatic heterocycles. The molecule has 136 valence electrons. The fourth-order valence-electron chi connectivity index (χ4n) is 3.36. The van der Waals surface area contributed by atoms with Gasteiger partial charge in [-0.3, -0.25) is 14.5 Å². The summed E-state index contributed by atoms with van der Waals surface area (Å²) in [7, 11) is 1.66. The maximum atomic E-state index is 12.1. The molecule has 0 bridgehead atoms.